The minimum absolute atomic E-state index is 0.105. The van der Waals surface area contributed by atoms with Crippen molar-refractivity contribution in [1.29, 1.82) is 0 Å². The third kappa shape index (κ3) is 4.99. The van der Waals surface area contributed by atoms with Crippen LogP contribution >= 0.6 is 23.2 Å². The first-order valence-electron chi connectivity index (χ1n) is 7.41. The highest BCUT2D eigenvalue weighted by molar-refractivity contribution is 6.42. The Bertz CT molecular complexity index is 587. The number of benzene rings is 1. The van der Waals surface area contributed by atoms with Gasteiger partial charge in [-0.3, -0.25) is 4.79 Å². The molecule has 1 aromatic carbocycles. The van der Waals surface area contributed by atoms with Gasteiger partial charge in [0.05, 0.1) is 36.2 Å². The molecule has 0 unspecified atom stereocenters. The van der Waals surface area contributed by atoms with E-state index in [0.717, 1.165) is 13.1 Å². The van der Waals surface area contributed by atoms with Crippen LogP contribution in [0.5, 0.6) is 0 Å². The Kier molecular flexibility index (Phi) is 6.10. The number of carbonyl (C=O) groups is 2. The number of halogens is 2. The van der Waals surface area contributed by atoms with E-state index >= 15 is 0 Å². The first-order valence-corrected chi connectivity index (χ1v) is 8.17. The molecular weight excluding hydrogens is 339 g/mol. The van der Waals surface area contributed by atoms with E-state index in [-0.39, 0.29) is 11.9 Å². The summed E-state index contributed by atoms with van der Waals surface area (Å²) in [5.41, 5.74) is 0.613. The Morgan fingerprint density at radius 1 is 1.22 bits per heavy atom. The van der Waals surface area contributed by atoms with Crippen LogP contribution in [0.1, 0.15) is 0 Å². The number of amides is 3. The van der Waals surface area contributed by atoms with E-state index in [1.165, 1.54) is 4.90 Å². The fourth-order valence-corrected chi connectivity index (χ4v) is 2.65. The van der Waals surface area contributed by atoms with Crippen molar-refractivity contribution in [3.8, 4) is 0 Å². The molecule has 0 radical (unpaired) electrons. The Labute approximate surface area is 145 Å². The molecule has 8 heteroatoms. The molecule has 0 atom stereocenters. The summed E-state index contributed by atoms with van der Waals surface area (Å²) in [6.45, 7) is 3.21. The number of anilines is 1. The normalized spacial score (nSPS) is 15.4. The van der Waals surface area contributed by atoms with Crippen LogP contribution in [-0.4, -0.2) is 68.6 Å². The lowest BCUT2D eigenvalue weighted by Gasteiger charge is -2.32. The minimum atomic E-state index is -0.165. The number of quaternary nitrogens is 1. The molecule has 3 amide bonds. The molecule has 0 saturated carbocycles. The van der Waals surface area contributed by atoms with E-state index in [9.17, 15) is 9.59 Å². The van der Waals surface area contributed by atoms with Gasteiger partial charge in [-0.1, -0.05) is 23.2 Å². The number of urea groups is 1. The second-order valence-corrected chi connectivity index (χ2v) is 6.58. The highest BCUT2D eigenvalue weighted by Gasteiger charge is 2.25. The lowest BCUT2D eigenvalue weighted by atomic mass is 10.3. The van der Waals surface area contributed by atoms with Gasteiger partial charge in [0.1, 0.15) is 0 Å². The molecule has 23 heavy (non-hydrogen) atoms. The van der Waals surface area contributed by atoms with Gasteiger partial charge in [-0.05, 0) is 18.2 Å². The van der Waals surface area contributed by atoms with Crippen LogP contribution in [0.3, 0.4) is 0 Å². The smallest absolute Gasteiger partial charge is 0.322 e. The van der Waals surface area contributed by atoms with Crippen molar-refractivity contribution in [2.24, 2.45) is 0 Å². The van der Waals surface area contributed by atoms with Gasteiger partial charge in [0, 0.05) is 19.8 Å². The van der Waals surface area contributed by atoms with Crippen LogP contribution in [0.15, 0.2) is 18.2 Å². The number of nitrogens with zero attached hydrogens (tertiary/aromatic N) is 2. The van der Waals surface area contributed by atoms with Crippen molar-refractivity contribution < 1.29 is 14.5 Å². The Morgan fingerprint density at radius 3 is 2.43 bits per heavy atom. The summed E-state index contributed by atoms with van der Waals surface area (Å²) in [7, 11) is 3.51. The van der Waals surface area contributed by atoms with Gasteiger partial charge in [0.15, 0.2) is 6.54 Å². The summed E-state index contributed by atoms with van der Waals surface area (Å²) in [5.74, 6) is 0.105. The van der Waals surface area contributed by atoms with E-state index in [2.05, 4.69) is 5.32 Å². The Hall–Kier alpha value is -1.50. The molecule has 0 aromatic heterocycles. The van der Waals surface area contributed by atoms with Crippen molar-refractivity contribution in [2.45, 2.75) is 0 Å². The highest BCUT2D eigenvalue weighted by Crippen LogP contribution is 2.25. The van der Waals surface area contributed by atoms with Gasteiger partial charge in [-0.25, -0.2) is 4.79 Å². The van der Waals surface area contributed by atoms with Gasteiger partial charge < -0.3 is 20.0 Å². The molecule has 1 heterocycles. The minimum Gasteiger partial charge on any atom is -0.344 e. The van der Waals surface area contributed by atoms with E-state index in [1.54, 1.807) is 42.1 Å². The number of hydrogen-bond donors (Lipinski definition) is 2. The zero-order valence-electron chi connectivity index (χ0n) is 13.2. The number of rotatable bonds is 3. The molecule has 6 nitrogen and oxygen atoms in total. The molecule has 1 aliphatic rings. The predicted octanol–water partition coefficient (Wildman–Crippen LogP) is 0.814. The molecule has 2 N–H and O–H groups in total. The molecule has 0 aliphatic carbocycles. The predicted molar refractivity (Wildman–Crippen MR) is 91.3 cm³/mol. The molecule has 2 rings (SSSR count). The topological polar surface area (TPSA) is 57.1 Å². The second-order valence-electron chi connectivity index (χ2n) is 5.76. The number of hydrogen-bond acceptors (Lipinski definition) is 2. The molecule has 1 saturated heterocycles. The molecule has 0 spiro atoms. The van der Waals surface area contributed by atoms with Gasteiger partial charge >= 0.3 is 6.03 Å². The molecule has 0 bridgehead atoms. The van der Waals surface area contributed by atoms with E-state index < -0.39 is 0 Å². The largest absolute Gasteiger partial charge is 0.344 e. The van der Waals surface area contributed by atoms with Crippen molar-refractivity contribution in [2.75, 3.05) is 52.1 Å². The maximum atomic E-state index is 12.3. The van der Waals surface area contributed by atoms with Gasteiger partial charge in [-0.2, -0.15) is 0 Å². The molecule has 1 aromatic rings. The van der Waals surface area contributed by atoms with Crippen LogP contribution in [0.4, 0.5) is 10.5 Å². The third-order valence-corrected chi connectivity index (χ3v) is 4.57. The maximum Gasteiger partial charge on any atom is 0.322 e. The van der Waals surface area contributed by atoms with Crippen LogP contribution in [-0.2, 0) is 4.79 Å². The lowest BCUT2D eigenvalue weighted by molar-refractivity contribution is -0.896. The monoisotopic (exact) mass is 359 g/mol. The zero-order chi connectivity index (χ0) is 17.0. The summed E-state index contributed by atoms with van der Waals surface area (Å²) in [6, 6.07) is 4.82. The standard InChI is InChI=1S/C15H20Cl2N4O2/c1-19(2)14(22)10-20-5-7-21(8-6-20)15(23)18-11-3-4-12(16)13(17)9-11/h3-4,9H,5-8,10H2,1-2H3,(H,18,23)/p+1. The first kappa shape index (κ1) is 17.8. The third-order valence-electron chi connectivity index (χ3n) is 3.83. The van der Waals surface area contributed by atoms with E-state index in [4.69, 9.17) is 23.2 Å². The van der Waals surface area contributed by atoms with Crippen molar-refractivity contribution in [3.05, 3.63) is 28.2 Å². The first-order chi connectivity index (χ1) is 10.9. The van der Waals surface area contributed by atoms with Gasteiger partial charge in [0.25, 0.3) is 5.91 Å². The van der Waals surface area contributed by atoms with Crippen molar-refractivity contribution in [1.82, 2.24) is 9.80 Å². The average Bonchev–Trinajstić information content (AvgIpc) is 2.51. The maximum absolute atomic E-state index is 12.3. The number of carbonyl (C=O) groups excluding carboxylic acids is 2. The second kappa shape index (κ2) is 7.86. The van der Waals surface area contributed by atoms with Gasteiger partial charge in [-0.15, -0.1) is 0 Å². The molecule has 126 valence electrons. The van der Waals surface area contributed by atoms with E-state index in [1.807, 2.05) is 0 Å². The number of nitrogens with one attached hydrogen (secondary N) is 2. The summed E-state index contributed by atoms with van der Waals surface area (Å²) < 4.78 is 0. The quantitative estimate of drug-likeness (QED) is 0.839. The Balaban J connectivity index is 1.83. The molecule has 1 fully saturated rings. The van der Waals surface area contributed by atoms with Crippen LogP contribution in [0, 0.1) is 0 Å². The van der Waals surface area contributed by atoms with E-state index in [0.29, 0.717) is 35.4 Å². The fourth-order valence-electron chi connectivity index (χ4n) is 2.35. The summed E-state index contributed by atoms with van der Waals surface area (Å²) in [6.07, 6.45) is 0. The average molecular weight is 360 g/mol. The SMILES string of the molecule is CN(C)C(=O)C[NH+]1CCN(C(=O)Nc2ccc(Cl)c(Cl)c2)CC1. The van der Waals surface area contributed by atoms with Crippen LogP contribution in [0.2, 0.25) is 10.0 Å². The van der Waals surface area contributed by atoms with Crippen LogP contribution < -0.4 is 10.2 Å². The zero-order valence-corrected chi connectivity index (χ0v) is 14.7. The summed E-state index contributed by atoms with van der Waals surface area (Å²) in [4.78, 5) is 28.5. The number of piperazine rings is 1. The highest BCUT2D eigenvalue weighted by atomic mass is 35.5. The molecule has 1 aliphatic heterocycles. The summed E-state index contributed by atoms with van der Waals surface area (Å²) >= 11 is 11.8. The van der Waals surface area contributed by atoms with Crippen LogP contribution in [0.25, 0.3) is 0 Å². The van der Waals surface area contributed by atoms with Gasteiger partial charge in [0.2, 0.25) is 0 Å². The number of likely N-dealkylation sites (N-methyl/N-ethyl adjacent to an activating group) is 1. The fraction of sp³-hybridized carbons (Fsp3) is 0.467. The lowest BCUT2D eigenvalue weighted by Crippen LogP contribution is -3.15. The molecular formula is C15H21Cl2N4O2+. The van der Waals surface area contributed by atoms with Crippen molar-refractivity contribution in [3.63, 3.8) is 0 Å². The van der Waals surface area contributed by atoms with Crippen molar-refractivity contribution >= 4 is 40.8 Å². The summed E-state index contributed by atoms with van der Waals surface area (Å²) in [5, 5.41) is 3.67. The Morgan fingerprint density at radius 2 is 1.87 bits per heavy atom.